The summed E-state index contributed by atoms with van der Waals surface area (Å²) >= 11 is 0. The molecule has 146 valence electrons. The van der Waals surface area contributed by atoms with E-state index in [1.54, 1.807) is 36.4 Å². The summed E-state index contributed by atoms with van der Waals surface area (Å²) in [6.07, 6.45) is 5.56. The van der Waals surface area contributed by atoms with E-state index >= 15 is 0 Å². The number of nitrogens with one attached hydrogen (secondary N) is 2. The van der Waals surface area contributed by atoms with Gasteiger partial charge in [0.05, 0.1) is 12.7 Å². The van der Waals surface area contributed by atoms with Crippen molar-refractivity contribution in [2.75, 3.05) is 12.4 Å². The molecule has 0 radical (unpaired) electrons. The molecule has 2 amide bonds. The molecule has 3 rings (SSSR count). The fraction of sp³-hybridized carbons (Fsp3) is 0.318. The van der Waals surface area contributed by atoms with Gasteiger partial charge in [-0.1, -0.05) is 25.3 Å². The molecule has 6 heteroatoms. The van der Waals surface area contributed by atoms with Gasteiger partial charge in [-0.15, -0.1) is 0 Å². The van der Waals surface area contributed by atoms with Crippen LogP contribution in [0.1, 0.15) is 63.2 Å². The summed E-state index contributed by atoms with van der Waals surface area (Å²) < 4.78 is 4.64. The minimum atomic E-state index is -0.455. The van der Waals surface area contributed by atoms with E-state index in [9.17, 15) is 14.4 Å². The van der Waals surface area contributed by atoms with Crippen molar-refractivity contribution in [3.63, 3.8) is 0 Å². The Morgan fingerprint density at radius 1 is 0.857 bits per heavy atom. The van der Waals surface area contributed by atoms with Crippen LogP contribution in [0.2, 0.25) is 0 Å². The Hall–Kier alpha value is -3.15. The number of ether oxygens (including phenoxy) is 1. The normalized spacial score (nSPS) is 14.2. The van der Waals surface area contributed by atoms with Crippen LogP contribution in [0.3, 0.4) is 0 Å². The van der Waals surface area contributed by atoms with Crippen LogP contribution in [0.25, 0.3) is 0 Å². The predicted molar refractivity (Wildman–Crippen MR) is 107 cm³/mol. The molecule has 28 heavy (non-hydrogen) atoms. The highest BCUT2D eigenvalue weighted by Gasteiger charge is 2.17. The highest BCUT2D eigenvalue weighted by atomic mass is 16.5. The molecule has 2 N–H and O–H groups in total. The van der Waals surface area contributed by atoms with Crippen molar-refractivity contribution < 1.29 is 19.1 Å². The number of methoxy groups -OCH3 is 1. The van der Waals surface area contributed by atoms with Crippen LogP contribution in [-0.2, 0) is 4.74 Å². The number of hydrogen-bond acceptors (Lipinski definition) is 4. The largest absolute Gasteiger partial charge is 0.465 e. The molecule has 1 fully saturated rings. The standard InChI is InChI=1S/C22H24N2O4/c1-28-22(27)16-12-10-15(11-13-16)20(25)24-19-9-5-6-17(14-19)21(26)23-18-7-3-2-4-8-18/h5-6,9-14,18H,2-4,7-8H2,1H3,(H,23,26)(H,24,25). The summed E-state index contributed by atoms with van der Waals surface area (Å²) in [6, 6.07) is 13.3. The van der Waals surface area contributed by atoms with E-state index in [4.69, 9.17) is 0 Å². The number of anilines is 1. The monoisotopic (exact) mass is 380 g/mol. The van der Waals surface area contributed by atoms with Crippen molar-refractivity contribution in [2.45, 2.75) is 38.1 Å². The van der Waals surface area contributed by atoms with Gasteiger partial charge >= 0.3 is 5.97 Å². The Labute approximate surface area is 164 Å². The first-order valence-corrected chi connectivity index (χ1v) is 9.47. The van der Waals surface area contributed by atoms with Gasteiger partial charge < -0.3 is 15.4 Å². The minimum absolute atomic E-state index is 0.120. The SMILES string of the molecule is COC(=O)c1ccc(C(=O)Nc2cccc(C(=O)NC3CCCCC3)c2)cc1. The lowest BCUT2D eigenvalue weighted by Gasteiger charge is -2.22. The Balaban J connectivity index is 1.64. The van der Waals surface area contributed by atoms with E-state index < -0.39 is 5.97 Å². The van der Waals surface area contributed by atoms with E-state index in [0.717, 1.165) is 25.7 Å². The molecule has 2 aromatic carbocycles. The van der Waals surface area contributed by atoms with Crippen molar-refractivity contribution in [1.29, 1.82) is 0 Å². The zero-order chi connectivity index (χ0) is 19.9. The summed E-state index contributed by atoms with van der Waals surface area (Å²) in [5.74, 6) is -0.893. The number of carbonyl (C=O) groups excluding carboxylic acids is 3. The third kappa shape index (κ3) is 4.97. The molecule has 0 bridgehead atoms. The van der Waals surface area contributed by atoms with E-state index in [0.29, 0.717) is 22.4 Å². The predicted octanol–water partition coefficient (Wildman–Crippen LogP) is 3.79. The fourth-order valence-corrected chi connectivity index (χ4v) is 3.33. The summed E-state index contributed by atoms with van der Waals surface area (Å²) in [5, 5.41) is 5.86. The second-order valence-electron chi connectivity index (χ2n) is 6.91. The molecule has 0 aromatic heterocycles. The topological polar surface area (TPSA) is 84.5 Å². The first-order valence-electron chi connectivity index (χ1n) is 9.47. The molecule has 1 aliphatic carbocycles. The van der Waals surface area contributed by atoms with Gasteiger partial charge in [0, 0.05) is 22.9 Å². The fourth-order valence-electron chi connectivity index (χ4n) is 3.33. The van der Waals surface area contributed by atoms with Gasteiger partial charge in [0.1, 0.15) is 0 Å². The van der Waals surface area contributed by atoms with Crippen LogP contribution in [0, 0.1) is 0 Å². The van der Waals surface area contributed by atoms with E-state index in [1.807, 2.05) is 0 Å². The average Bonchev–Trinajstić information content (AvgIpc) is 2.74. The highest BCUT2D eigenvalue weighted by Crippen LogP contribution is 2.19. The van der Waals surface area contributed by atoms with Crippen LogP contribution >= 0.6 is 0 Å². The Kier molecular flexibility index (Phi) is 6.42. The zero-order valence-corrected chi connectivity index (χ0v) is 15.9. The Morgan fingerprint density at radius 2 is 1.54 bits per heavy atom. The minimum Gasteiger partial charge on any atom is -0.465 e. The number of esters is 1. The van der Waals surface area contributed by atoms with Crippen molar-refractivity contribution in [1.82, 2.24) is 5.32 Å². The maximum atomic E-state index is 12.5. The van der Waals surface area contributed by atoms with Crippen LogP contribution in [0.5, 0.6) is 0 Å². The van der Waals surface area contributed by atoms with Crippen LogP contribution < -0.4 is 10.6 Å². The summed E-state index contributed by atoms with van der Waals surface area (Å²) in [6.45, 7) is 0. The molecule has 0 atom stereocenters. The second kappa shape index (κ2) is 9.17. The average molecular weight is 380 g/mol. The quantitative estimate of drug-likeness (QED) is 0.773. The number of benzene rings is 2. The van der Waals surface area contributed by atoms with Crippen LogP contribution in [0.4, 0.5) is 5.69 Å². The molecule has 0 unspecified atom stereocenters. The van der Waals surface area contributed by atoms with E-state index in [1.165, 1.54) is 25.7 Å². The van der Waals surface area contributed by atoms with Crippen LogP contribution in [-0.4, -0.2) is 30.9 Å². The third-order valence-corrected chi connectivity index (χ3v) is 4.89. The van der Waals surface area contributed by atoms with Gasteiger partial charge in [-0.3, -0.25) is 9.59 Å². The first-order chi connectivity index (χ1) is 13.6. The molecular formula is C22H24N2O4. The van der Waals surface area contributed by atoms with Gasteiger partial charge in [-0.2, -0.15) is 0 Å². The summed E-state index contributed by atoms with van der Waals surface area (Å²) in [7, 11) is 1.31. The number of hydrogen-bond donors (Lipinski definition) is 2. The first kappa shape index (κ1) is 19.6. The maximum Gasteiger partial charge on any atom is 0.337 e. The van der Waals surface area contributed by atoms with Gasteiger partial charge in [0.25, 0.3) is 11.8 Å². The lowest BCUT2D eigenvalue weighted by atomic mass is 9.95. The lowest BCUT2D eigenvalue weighted by Crippen LogP contribution is -2.36. The number of rotatable bonds is 5. The molecule has 0 aliphatic heterocycles. The van der Waals surface area contributed by atoms with Crippen molar-refractivity contribution >= 4 is 23.5 Å². The lowest BCUT2D eigenvalue weighted by molar-refractivity contribution is 0.0600. The Bertz CT molecular complexity index is 855. The molecule has 1 saturated carbocycles. The second-order valence-corrected chi connectivity index (χ2v) is 6.91. The highest BCUT2D eigenvalue weighted by molar-refractivity contribution is 6.05. The molecule has 2 aromatic rings. The molecule has 0 heterocycles. The Morgan fingerprint density at radius 3 is 2.21 bits per heavy atom. The number of amides is 2. The summed E-state index contributed by atoms with van der Waals surface area (Å²) in [5.41, 5.74) is 1.84. The van der Waals surface area contributed by atoms with Gasteiger partial charge in [0.15, 0.2) is 0 Å². The van der Waals surface area contributed by atoms with Crippen molar-refractivity contribution in [3.05, 3.63) is 65.2 Å². The third-order valence-electron chi connectivity index (χ3n) is 4.89. The van der Waals surface area contributed by atoms with Crippen LogP contribution in [0.15, 0.2) is 48.5 Å². The molecule has 6 nitrogen and oxygen atoms in total. The van der Waals surface area contributed by atoms with Gasteiger partial charge in [0.2, 0.25) is 0 Å². The van der Waals surface area contributed by atoms with Gasteiger partial charge in [-0.25, -0.2) is 4.79 Å². The van der Waals surface area contributed by atoms with Crippen molar-refractivity contribution in [2.24, 2.45) is 0 Å². The molecule has 0 spiro atoms. The molecule has 0 saturated heterocycles. The molecule has 1 aliphatic rings. The van der Waals surface area contributed by atoms with Gasteiger partial charge in [-0.05, 0) is 55.3 Å². The van der Waals surface area contributed by atoms with Crippen molar-refractivity contribution in [3.8, 4) is 0 Å². The smallest absolute Gasteiger partial charge is 0.337 e. The van der Waals surface area contributed by atoms with E-state index in [2.05, 4.69) is 15.4 Å². The van der Waals surface area contributed by atoms with E-state index in [-0.39, 0.29) is 17.9 Å². The maximum absolute atomic E-state index is 12.5. The summed E-state index contributed by atoms with van der Waals surface area (Å²) in [4.78, 5) is 36.4. The number of carbonyl (C=O) groups is 3. The molecular weight excluding hydrogens is 356 g/mol. The zero-order valence-electron chi connectivity index (χ0n) is 15.9.